The third kappa shape index (κ3) is 4.58. The van der Waals surface area contributed by atoms with Crippen molar-refractivity contribution >= 4 is 38.3 Å². The minimum Gasteiger partial charge on any atom is -0.420 e. The van der Waals surface area contributed by atoms with Gasteiger partial charge in [-0.15, -0.1) is 0 Å². The second-order valence-electron chi connectivity index (χ2n) is 9.48. The van der Waals surface area contributed by atoms with Gasteiger partial charge in [-0.2, -0.15) is 0 Å². The molecule has 1 heterocycles. The van der Waals surface area contributed by atoms with Crippen molar-refractivity contribution in [3.63, 3.8) is 0 Å². The number of ether oxygens (including phenoxy) is 1. The van der Waals surface area contributed by atoms with Gasteiger partial charge in [0.25, 0.3) is 10.0 Å². The average molecular weight is 564 g/mol. The summed E-state index contributed by atoms with van der Waals surface area (Å²) in [5.41, 5.74) is 1.10. The zero-order valence-corrected chi connectivity index (χ0v) is 22.6. The molecule has 0 saturated heterocycles. The second-order valence-corrected chi connectivity index (χ2v) is 11.4. The Kier molecular flexibility index (Phi) is 6.47. The summed E-state index contributed by atoms with van der Waals surface area (Å²) in [6.45, 7) is 0. The highest BCUT2D eigenvalue weighted by Crippen LogP contribution is 2.39. The number of likely N-dealkylation sites (N-methyl/N-ethyl adjacent to an activating group) is 1. The maximum Gasteiger partial charge on any atom is 0.344 e. The summed E-state index contributed by atoms with van der Waals surface area (Å²) >= 11 is 0. The number of benzene rings is 5. The van der Waals surface area contributed by atoms with E-state index < -0.39 is 33.3 Å². The topological polar surface area (TPSA) is 80.8 Å². The van der Waals surface area contributed by atoms with Crippen molar-refractivity contribution in [3.05, 3.63) is 143 Å². The van der Waals surface area contributed by atoms with Crippen LogP contribution >= 0.6 is 0 Å². The molecule has 0 fully saturated rings. The number of esters is 1. The van der Waals surface area contributed by atoms with E-state index in [2.05, 4.69) is 0 Å². The molecule has 0 unspecified atom stereocenters. The zero-order chi connectivity index (χ0) is 28.7. The molecule has 0 saturated carbocycles. The van der Waals surface area contributed by atoms with Gasteiger partial charge in [-0.1, -0.05) is 84.9 Å². The number of hydrogen-bond acceptors (Lipinski definition) is 5. The molecule has 0 amide bonds. The van der Waals surface area contributed by atoms with Crippen molar-refractivity contribution < 1.29 is 27.1 Å². The summed E-state index contributed by atoms with van der Waals surface area (Å²) in [6.07, 6.45) is 0. The smallest absolute Gasteiger partial charge is 0.344 e. The Labute approximate surface area is 236 Å². The predicted octanol–water partition coefficient (Wildman–Crippen LogP) is 6.69. The van der Waals surface area contributed by atoms with E-state index in [1.54, 1.807) is 42.5 Å². The molecule has 0 radical (unpaired) electrons. The zero-order valence-electron chi connectivity index (χ0n) is 21.7. The fraction of sp³-hybridized carbons (Fsp3) is 0.0303. The lowest BCUT2D eigenvalue weighted by atomic mass is 9.99. The molecule has 0 aliphatic carbocycles. The first-order valence-electron chi connectivity index (χ1n) is 12.7. The summed E-state index contributed by atoms with van der Waals surface area (Å²) in [6, 6.07) is 31.4. The lowest BCUT2D eigenvalue weighted by Gasteiger charge is -2.30. The Morgan fingerprint density at radius 1 is 0.732 bits per heavy atom. The van der Waals surface area contributed by atoms with Gasteiger partial charge in [-0.3, -0.25) is 9.10 Å². The molecular formula is C33H22FNO5S. The van der Waals surface area contributed by atoms with E-state index >= 15 is 0 Å². The van der Waals surface area contributed by atoms with E-state index in [4.69, 9.17) is 4.74 Å². The molecule has 0 atom stereocenters. The Balaban J connectivity index is 1.54. The van der Waals surface area contributed by atoms with Crippen molar-refractivity contribution in [3.8, 4) is 11.1 Å². The first-order chi connectivity index (χ1) is 19.8. The number of fused-ring (bicyclic) bond motifs is 2. The van der Waals surface area contributed by atoms with Crippen LogP contribution in [-0.4, -0.2) is 31.5 Å². The van der Waals surface area contributed by atoms with Crippen molar-refractivity contribution in [2.45, 2.75) is 4.90 Å². The number of nitrogens with zero attached hydrogens (tertiary/aromatic N) is 1. The molecule has 0 spiro atoms. The van der Waals surface area contributed by atoms with Crippen LogP contribution in [0.5, 0.6) is 0 Å². The van der Waals surface area contributed by atoms with Gasteiger partial charge in [0.05, 0.1) is 10.5 Å². The molecule has 6 rings (SSSR count). The number of Topliss-reactive ketones (excluding diaryl/α,β-unsaturated/α-hetero) is 1. The van der Waals surface area contributed by atoms with Crippen molar-refractivity contribution in [1.82, 2.24) is 4.31 Å². The number of carbonyl (C=O) groups excluding carboxylic acids is 2. The molecule has 1 aliphatic rings. The molecule has 8 heteroatoms. The minimum absolute atomic E-state index is 0.179. The molecule has 0 bridgehead atoms. The molecular weight excluding hydrogens is 541 g/mol. The van der Waals surface area contributed by atoms with Crippen molar-refractivity contribution in [2.24, 2.45) is 0 Å². The summed E-state index contributed by atoms with van der Waals surface area (Å²) in [5.74, 6) is -2.62. The van der Waals surface area contributed by atoms with Crippen LogP contribution in [0.25, 0.3) is 27.7 Å². The third-order valence-electron chi connectivity index (χ3n) is 7.01. The number of rotatable bonds is 5. The van der Waals surface area contributed by atoms with E-state index in [0.29, 0.717) is 5.56 Å². The first-order valence-corrected chi connectivity index (χ1v) is 14.1. The molecule has 0 aromatic heterocycles. The van der Waals surface area contributed by atoms with Crippen LogP contribution in [0.3, 0.4) is 0 Å². The van der Waals surface area contributed by atoms with Gasteiger partial charge in [0, 0.05) is 18.2 Å². The fourth-order valence-corrected chi connectivity index (χ4v) is 6.31. The number of hydrogen-bond donors (Lipinski definition) is 0. The SMILES string of the molecule is CN1C(C(=O)c2ccc3ccccc3c2)=C(OC(=O)c2ccccc2-c2ccccc2)c2cc(F)ccc2S1(=O)=O. The van der Waals surface area contributed by atoms with Gasteiger partial charge in [-0.25, -0.2) is 17.6 Å². The van der Waals surface area contributed by atoms with Gasteiger partial charge < -0.3 is 4.74 Å². The molecule has 1 aliphatic heterocycles. The van der Waals surface area contributed by atoms with E-state index in [9.17, 15) is 22.4 Å². The third-order valence-corrected chi connectivity index (χ3v) is 8.82. The maximum atomic E-state index is 14.5. The van der Waals surface area contributed by atoms with Crippen LogP contribution in [0.1, 0.15) is 26.3 Å². The first kappa shape index (κ1) is 26.2. The molecule has 5 aromatic carbocycles. The van der Waals surface area contributed by atoms with Gasteiger partial charge in [0.1, 0.15) is 11.5 Å². The highest BCUT2D eigenvalue weighted by Gasteiger charge is 2.40. The number of halogens is 1. The molecule has 6 nitrogen and oxygen atoms in total. The van der Waals surface area contributed by atoms with E-state index in [0.717, 1.165) is 38.8 Å². The number of sulfonamides is 1. The minimum atomic E-state index is -4.27. The highest BCUT2D eigenvalue weighted by atomic mass is 32.2. The lowest BCUT2D eigenvalue weighted by molar-refractivity contribution is 0.0687. The quantitative estimate of drug-likeness (QED) is 0.176. The summed E-state index contributed by atoms with van der Waals surface area (Å²) in [5, 5.41) is 1.65. The summed E-state index contributed by atoms with van der Waals surface area (Å²) in [7, 11) is -3.06. The van der Waals surface area contributed by atoms with Crippen LogP contribution in [0, 0.1) is 5.82 Å². The van der Waals surface area contributed by atoms with Crippen molar-refractivity contribution in [2.75, 3.05) is 7.05 Å². The predicted molar refractivity (Wildman–Crippen MR) is 154 cm³/mol. The summed E-state index contributed by atoms with van der Waals surface area (Å²) < 4.78 is 48.2. The van der Waals surface area contributed by atoms with Gasteiger partial charge in [0.15, 0.2) is 5.76 Å². The van der Waals surface area contributed by atoms with Gasteiger partial charge in [0.2, 0.25) is 5.78 Å². The Morgan fingerprint density at radius 3 is 2.20 bits per heavy atom. The normalized spacial score (nSPS) is 14.0. The monoisotopic (exact) mass is 563 g/mol. The Hall–Kier alpha value is -5.08. The van der Waals surface area contributed by atoms with Crippen LogP contribution in [0.15, 0.2) is 126 Å². The van der Waals surface area contributed by atoms with Crippen LogP contribution in [-0.2, 0) is 14.8 Å². The van der Waals surface area contributed by atoms with Crippen LogP contribution < -0.4 is 0 Å². The number of carbonyl (C=O) groups is 2. The van der Waals surface area contributed by atoms with Crippen LogP contribution in [0.4, 0.5) is 4.39 Å². The van der Waals surface area contributed by atoms with E-state index in [1.165, 1.54) is 7.05 Å². The molecule has 0 N–H and O–H groups in total. The van der Waals surface area contributed by atoms with Gasteiger partial charge in [-0.05, 0) is 52.2 Å². The van der Waals surface area contributed by atoms with Crippen molar-refractivity contribution in [1.29, 1.82) is 0 Å². The molecule has 202 valence electrons. The standard InChI is InChI=1S/C33H22FNO5S/c1-35-30(31(36)24-16-15-21-9-5-6-12-23(21)19-24)32(28-20-25(34)17-18-29(28)41(35,38)39)40-33(37)27-14-8-7-13-26(27)22-10-3-2-4-11-22/h2-20H,1H3. The fourth-order valence-electron chi connectivity index (χ4n) is 4.94. The van der Waals surface area contributed by atoms with E-state index in [-0.39, 0.29) is 27.3 Å². The van der Waals surface area contributed by atoms with E-state index in [1.807, 2.05) is 54.6 Å². The lowest BCUT2D eigenvalue weighted by Crippen LogP contribution is -2.36. The molecule has 5 aromatic rings. The molecule has 41 heavy (non-hydrogen) atoms. The summed E-state index contributed by atoms with van der Waals surface area (Å²) in [4.78, 5) is 27.4. The number of ketones is 1. The Morgan fingerprint density at radius 2 is 1.41 bits per heavy atom. The number of allylic oxidation sites excluding steroid dienone is 1. The largest absolute Gasteiger partial charge is 0.420 e. The van der Waals surface area contributed by atoms with Gasteiger partial charge >= 0.3 is 5.97 Å². The van der Waals surface area contributed by atoms with Crippen LogP contribution in [0.2, 0.25) is 0 Å². The second kappa shape index (κ2) is 10.1. The average Bonchev–Trinajstić information content (AvgIpc) is 3.00. The highest BCUT2D eigenvalue weighted by molar-refractivity contribution is 7.89. The maximum absolute atomic E-state index is 14.5. The Bertz CT molecular complexity index is 2000.